The van der Waals surface area contributed by atoms with Gasteiger partial charge in [0.05, 0.1) is 0 Å². The molecule has 1 saturated carbocycles. The average molecular weight is 303 g/mol. The number of aromatic nitrogens is 1. The monoisotopic (exact) mass is 302 g/mol. The van der Waals surface area contributed by atoms with Crippen LogP contribution in [-0.2, 0) is 11.3 Å². The normalized spacial score (nSPS) is 15.9. The molecule has 1 aliphatic carbocycles. The van der Waals surface area contributed by atoms with Crippen LogP contribution in [0.15, 0.2) is 0 Å². The van der Waals surface area contributed by atoms with E-state index in [2.05, 4.69) is 30.7 Å². The fourth-order valence-electron chi connectivity index (χ4n) is 2.67. The number of amides is 1. The number of carbonyl (C=O) groups is 1. The van der Waals surface area contributed by atoms with Gasteiger partial charge in [0.2, 0.25) is 5.91 Å². The Hall–Kier alpha value is -0.610. The first kappa shape index (κ1) is 16.4. The summed E-state index contributed by atoms with van der Waals surface area (Å²) in [6.07, 6.45) is 6.14. The third-order valence-electron chi connectivity index (χ3n) is 3.87. The third kappa shape index (κ3) is 4.18. The maximum absolute atomic E-state index is 12.1. The highest BCUT2D eigenvalue weighted by Crippen LogP contribution is 2.21. The smallest absolute Gasteiger partial charge is 0.243 e. The molecular weight excluding hydrogens is 280 g/mol. The van der Waals surface area contributed by atoms with Crippen LogP contribution < -0.4 is 17.7 Å². The summed E-state index contributed by atoms with van der Waals surface area (Å²) in [4.78, 5) is 13.4. The molecule has 2 rings (SSSR count). The molecular formula is C14H23ClN2OS. The van der Waals surface area contributed by atoms with Crippen molar-refractivity contribution in [3.05, 3.63) is 15.6 Å². The molecule has 0 atom stereocenters. The van der Waals surface area contributed by atoms with E-state index in [9.17, 15) is 4.79 Å². The van der Waals surface area contributed by atoms with Gasteiger partial charge in [0.1, 0.15) is 6.54 Å². The van der Waals surface area contributed by atoms with Gasteiger partial charge in [-0.05, 0) is 12.8 Å². The van der Waals surface area contributed by atoms with Crippen LogP contribution in [0.25, 0.3) is 0 Å². The number of rotatable bonds is 3. The lowest BCUT2D eigenvalue weighted by Crippen LogP contribution is -3.00. The second-order valence-electron chi connectivity index (χ2n) is 5.25. The molecule has 1 N–H and O–H groups in total. The number of aryl methyl sites for hydroxylation is 2. The van der Waals surface area contributed by atoms with Crippen molar-refractivity contribution >= 4 is 17.2 Å². The number of halogens is 1. The van der Waals surface area contributed by atoms with Crippen LogP contribution in [0, 0.1) is 20.8 Å². The molecule has 1 amide bonds. The van der Waals surface area contributed by atoms with Gasteiger partial charge in [-0.2, -0.15) is 0 Å². The molecule has 3 nitrogen and oxygen atoms in total. The molecule has 0 aromatic carbocycles. The van der Waals surface area contributed by atoms with Gasteiger partial charge in [-0.15, -0.1) is 0 Å². The van der Waals surface area contributed by atoms with Crippen molar-refractivity contribution in [1.29, 1.82) is 0 Å². The SMILES string of the molecule is Cc1s[c+](C)n(CC(=O)NC2CCCCC2)c1C.[Cl-]. The first-order valence-corrected chi connectivity index (χ1v) is 7.65. The van der Waals surface area contributed by atoms with Crippen LogP contribution in [0.5, 0.6) is 0 Å². The second kappa shape index (κ2) is 7.25. The summed E-state index contributed by atoms with van der Waals surface area (Å²) < 4.78 is 2.12. The van der Waals surface area contributed by atoms with Crippen LogP contribution >= 0.6 is 11.3 Å². The lowest BCUT2D eigenvalue weighted by atomic mass is 9.95. The summed E-state index contributed by atoms with van der Waals surface area (Å²) in [5, 5.41) is 4.39. The molecule has 1 aromatic heterocycles. The van der Waals surface area contributed by atoms with E-state index in [0.29, 0.717) is 12.6 Å². The predicted octanol–water partition coefficient (Wildman–Crippen LogP) is 0.209. The summed E-state index contributed by atoms with van der Waals surface area (Å²) in [5.74, 6) is 0.163. The molecule has 0 unspecified atom stereocenters. The molecule has 1 aliphatic rings. The van der Waals surface area contributed by atoms with Gasteiger partial charge < -0.3 is 17.7 Å². The molecule has 0 aliphatic heterocycles. The zero-order chi connectivity index (χ0) is 13.1. The number of nitrogens with one attached hydrogen (secondary N) is 1. The molecule has 5 heteroatoms. The van der Waals surface area contributed by atoms with Crippen LogP contribution in [0.4, 0.5) is 0 Å². The van der Waals surface area contributed by atoms with Gasteiger partial charge in [-0.25, -0.2) is 4.57 Å². The molecule has 0 saturated heterocycles. The van der Waals surface area contributed by atoms with Gasteiger partial charge >= 0.3 is 0 Å². The van der Waals surface area contributed by atoms with Gasteiger partial charge in [0.25, 0.3) is 0 Å². The minimum Gasteiger partial charge on any atom is -1.00 e. The number of nitrogens with zero attached hydrogens (tertiary/aromatic N) is 1. The number of thiazole rings is 1. The Balaban J connectivity index is 0.00000180. The Morgan fingerprint density at radius 1 is 1.37 bits per heavy atom. The second-order valence-corrected chi connectivity index (χ2v) is 6.66. The molecule has 0 spiro atoms. The lowest BCUT2D eigenvalue weighted by molar-refractivity contribution is -0.122. The molecule has 1 heterocycles. The predicted molar refractivity (Wildman–Crippen MR) is 75.9 cm³/mol. The highest BCUT2D eigenvalue weighted by atomic mass is 35.5. The minimum absolute atomic E-state index is 0. The summed E-state index contributed by atoms with van der Waals surface area (Å²) in [5.41, 5.74) is 1.22. The van der Waals surface area contributed by atoms with E-state index in [1.54, 1.807) is 11.3 Å². The van der Waals surface area contributed by atoms with E-state index in [1.807, 2.05) is 0 Å². The van der Waals surface area contributed by atoms with Gasteiger partial charge in [-0.1, -0.05) is 19.3 Å². The van der Waals surface area contributed by atoms with Crippen molar-refractivity contribution in [2.45, 2.75) is 65.5 Å². The van der Waals surface area contributed by atoms with Crippen LogP contribution in [0.2, 0.25) is 0 Å². The summed E-state index contributed by atoms with van der Waals surface area (Å²) >= 11 is 1.77. The van der Waals surface area contributed by atoms with Crippen molar-refractivity contribution in [3.63, 3.8) is 0 Å². The first-order valence-electron chi connectivity index (χ1n) is 6.83. The highest BCUT2D eigenvalue weighted by molar-refractivity contribution is 7.11. The van der Waals surface area contributed by atoms with Gasteiger partial charge in [-0.3, -0.25) is 4.79 Å². The topological polar surface area (TPSA) is 34.0 Å². The third-order valence-corrected chi connectivity index (χ3v) is 4.98. The van der Waals surface area contributed by atoms with Crippen LogP contribution in [-0.4, -0.2) is 16.5 Å². The fourth-order valence-corrected chi connectivity index (χ4v) is 3.68. The van der Waals surface area contributed by atoms with Crippen molar-refractivity contribution in [1.82, 2.24) is 9.88 Å². The highest BCUT2D eigenvalue weighted by Gasteiger charge is 2.21. The number of carbonyl (C=O) groups excluding carboxylic acids is 1. The molecule has 19 heavy (non-hydrogen) atoms. The van der Waals surface area contributed by atoms with Crippen molar-refractivity contribution in [2.75, 3.05) is 0 Å². The minimum atomic E-state index is 0. The Morgan fingerprint density at radius 3 is 2.53 bits per heavy atom. The van der Waals surface area contributed by atoms with Gasteiger partial charge in [0.15, 0.2) is 15.6 Å². The quantitative estimate of drug-likeness (QED) is 0.796. The molecule has 1 fully saturated rings. The van der Waals surface area contributed by atoms with E-state index >= 15 is 0 Å². The zero-order valence-corrected chi connectivity index (χ0v) is 13.5. The van der Waals surface area contributed by atoms with E-state index < -0.39 is 0 Å². The molecule has 0 bridgehead atoms. The van der Waals surface area contributed by atoms with Crippen molar-refractivity contribution in [3.8, 4) is 0 Å². The maximum atomic E-state index is 12.1. The van der Waals surface area contributed by atoms with E-state index in [1.165, 1.54) is 34.8 Å². The summed E-state index contributed by atoms with van der Waals surface area (Å²) in [6.45, 7) is 6.76. The standard InChI is InChI=1S/C14H22N2OS.ClH/c1-10-11(2)18-12(3)16(10)9-14(17)15-13-7-5-4-6-8-13;/h13H,4-9H2,1-3H3;1H. The summed E-state index contributed by atoms with van der Waals surface area (Å²) in [7, 11) is 0. The Kier molecular flexibility index (Phi) is 6.27. The molecule has 108 valence electrons. The first-order chi connectivity index (χ1) is 8.58. The maximum Gasteiger partial charge on any atom is 0.243 e. The summed E-state index contributed by atoms with van der Waals surface area (Å²) in [6, 6.07) is 0.409. The fraction of sp³-hybridized carbons (Fsp3) is 0.714. The largest absolute Gasteiger partial charge is 1.00 e. The molecule has 0 radical (unpaired) electrons. The Bertz CT molecular complexity index is 439. The lowest BCUT2D eigenvalue weighted by Gasteiger charge is -2.22. The Morgan fingerprint density at radius 2 is 2.00 bits per heavy atom. The molecule has 1 aromatic rings. The number of hydrogen-bond acceptors (Lipinski definition) is 2. The van der Waals surface area contributed by atoms with E-state index in [-0.39, 0.29) is 18.3 Å². The van der Waals surface area contributed by atoms with E-state index in [0.717, 1.165) is 12.8 Å². The Labute approximate surface area is 125 Å². The van der Waals surface area contributed by atoms with E-state index in [4.69, 9.17) is 0 Å². The van der Waals surface area contributed by atoms with Crippen molar-refractivity contribution < 1.29 is 17.2 Å². The zero-order valence-electron chi connectivity index (χ0n) is 12.0. The van der Waals surface area contributed by atoms with Gasteiger partial charge in [0, 0.05) is 38.1 Å². The van der Waals surface area contributed by atoms with Crippen molar-refractivity contribution in [2.24, 2.45) is 0 Å². The van der Waals surface area contributed by atoms with Crippen LogP contribution in [0.1, 0.15) is 47.7 Å². The average Bonchev–Trinajstić information content (AvgIpc) is 2.57. The number of hydrogen-bond donors (Lipinski definition) is 1. The van der Waals surface area contributed by atoms with Crippen LogP contribution in [0.3, 0.4) is 0 Å².